The number of fused-ring (bicyclic) bond motifs is 2. The first-order valence-corrected chi connectivity index (χ1v) is 31.6. The number of sulfonamides is 2. The number of hydrogen-bond donors (Lipinski definition) is 3. The number of nitrogens with one attached hydrogen (secondary N) is 3. The van der Waals surface area contributed by atoms with Crippen LogP contribution in [0.1, 0.15) is 95.6 Å². The monoisotopic (exact) mass is 1180 g/mol. The molecule has 6 aliphatic rings. The molecular formula is C52H65Cl3N14O8S2. The SMILES string of the molecule is C1CNC1.CS(=O)(=O)Nc1ccc(Cl)cc1C(=O)N1CCCC[C@H]1c1cc2nc(Cl)cc(N3CCOCC3)n2n1.CS(=O)(=O)Nc1ccc(Cl)cc1C(=O)N1CCCC[C@H]1c1cc2nc(N3CCC3)cc(N3CCOCC3)n2n1. The lowest BCUT2D eigenvalue weighted by atomic mass is 9.98. The molecule has 0 spiro atoms. The summed E-state index contributed by atoms with van der Waals surface area (Å²) in [6.45, 7) is 11.0. The molecule has 27 heteroatoms. The second-order valence-electron chi connectivity index (χ2n) is 20.4. The molecule has 0 radical (unpaired) electrons. The van der Waals surface area contributed by atoms with Crippen LogP contribution in [0.4, 0.5) is 28.8 Å². The zero-order chi connectivity index (χ0) is 55.4. The quantitative estimate of drug-likeness (QED) is 0.114. The molecule has 0 aliphatic carbocycles. The van der Waals surface area contributed by atoms with Crippen LogP contribution >= 0.6 is 34.8 Å². The van der Waals surface area contributed by atoms with E-state index in [1.54, 1.807) is 32.5 Å². The van der Waals surface area contributed by atoms with Crippen LogP contribution in [-0.4, -0.2) is 172 Å². The zero-order valence-electron chi connectivity index (χ0n) is 44.1. The van der Waals surface area contributed by atoms with E-state index in [0.29, 0.717) is 85.6 Å². The standard InChI is InChI=1S/C26H32ClN7O4S.C23H26Cl2N6O4S.C3H7N/c1-39(36,37)30-20-7-6-18(27)15-19(20)26(35)33-10-3-2-5-22(33)21-16-24-28-23(31-8-4-9-31)17-25(34(24)29-21)32-11-13-38-14-12-32;1-36(33,34)28-17-6-5-15(24)12-16(17)23(32)30-7-3-2-4-19(30)18-13-21-26-20(25)14-22(31(21)27-18)29-8-10-35-11-9-29;1-2-4-3-1/h6-7,15-17,22,30H,2-5,8-14H2,1H3;5-6,12-14,19,28H,2-4,7-11H2,1H3;4H,1-3H2/t22-;19-;/m00./s1. The van der Waals surface area contributed by atoms with Gasteiger partial charge in [-0.1, -0.05) is 34.8 Å². The highest BCUT2D eigenvalue weighted by atomic mass is 35.5. The molecule has 6 saturated heterocycles. The molecule has 424 valence electrons. The lowest BCUT2D eigenvalue weighted by molar-refractivity contribution is 0.0600. The first-order valence-electron chi connectivity index (χ1n) is 26.7. The smallest absolute Gasteiger partial charge is 0.256 e. The predicted octanol–water partition coefficient (Wildman–Crippen LogP) is 6.76. The zero-order valence-corrected chi connectivity index (χ0v) is 48.0. The number of morpholine rings is 2. The van der Waals surface area contributed by atoms with E-state index in [1.165, 1.54) is 43.8 Å². The number of hydrogen-bond acceptors (Lipinski definition) is 16. The molecule has 79 heavy (non-hydrogen) atoms. The van der Waals surface area contributed by atoms with Crippen molar-refractivity contribution in [2.75, 3.05) is 129 Å². The van der Waals surface area contributed by atoms with E-state index in [1.807, 2.05) is 16.6 Å². The second-order valence-corrected chi connectivity index (χ2v) is 25.1. The van der Waals surface area contributed by atoms with E-state index in [2.05, 4.69) is 40.5 Å². The number of carbonyl (C=O) groups is 2. The summed E-state index contributed by atoms with van der Waals surface area (Å²) >= 11 is 18.8. The Labute approximate surface area is 474 Å². The topological polar surface area (TPSA) is 234 Å². The van der Waals surface area contributed by atoms with Gasteiger partial charge in [-0.25, -0.2) is 26.8 Å². The van der Waals surface area contributed by atoms with Gasteiger partial charge in [0.15, 0.2) is 11.3 Å². The summed E-state index contributed by atoms with van der Waals surface area (Å²) in [5.41, 5.74) is 3.62. The van der Waals surface area contributed by atoms with Crippen molar-refractivity contribution >= 4 is 107 Å². The normalized spacial score (nSPS) is 19.9. The van der Waals surface area contributed by atoms with E-state index in [9.17, 15) is 26.4 Å². The maximum atomic E-state index is 13.9. The number of amides is 2. The van der Waals surface area contributed by atoms with Crippen molar-refractivity contribution in [2.24, 2.45) is 0 Å². The van der Waals surface area contributed by atoms with Crippen molar-refractivity contribution < 1.29 is 35.9 Å². The Morgan fingerprint density at radius 3 is 1.42 bits per heavy atom. The molecule has 0 saturated carbocycles. The molecule has 2 amide bonds. The fraction of sp³-hybridized carbons (Fsp3) is 0.500. The van der Waals surface area contributed by atoms with Crippen LogP contribution in [0.5, 0.6) is 0 Å². The Morgan fingerprint density at radius 2 is 1.00 bits per heavy atom. The fourth-order valence-corrected chi connectivity index (χ4v) is 12.1. The lowest BCUT2D eigenvalue weighted by Crippen LogP contribution is -2.40. The first-order chi connectivity index (χ1) is 38.0. The highest BCUT2D eigenvalue weighted by Crippen LogP contribution is 2.38. The second kappa shape index (κ2) is 24.6. The van der Waals surface area contributed by atoms with Gasteiger partial charge in [-0.05, 0) is 101 Å². The molecule has 6 fully saturated rings. The molecule has 2 aromatic carbocycles. The van der Waals surface area contributed by atoms with E-state index >= 15 is 0 Å². The van der Waals surface area contributed by atoms with Gasteiger partial charge in [0.25, 0.3) is 11.8 Å². The summed E-state index contributed by atoms with van der Waals surface area (Å²) in [4.78, 5) is 47.3. The predicted molar refractivity (Wildman–Crippen MR) is 306 cm³/mol. The van der Waals surface area contributed by atoms with Gasteiger partial charge < -0.3 is 39.3 Å². The number of rotatable bonds is 11. The maximum absolute atomic E-state index is 13.9. The lowest BCUT2D eigenvalue weighted by Gasteiger charge is -2.35. The van der Waals surface area contributed by atoms with Crippen LogP contribution in [0, 0.1) is 0 Å². The summed E-state index contributed by atoms with van der Waals surface area (Å²) in [5, 5.41) is 14.0. The number of aromatic nitrogens is 6. The summed E-state index contributed by atoms with van der Waals surface area (Å²) in [6.07, 6.45) is 9.66. The third kappa shape index (κ3) is 13.6. The van der Waals surface area contributed by atoms with Gasteiger partial charge in [0.05, 0.1) is 84.9 Å². The van der Waals surface area contributed by atoms with Crippen molar-refractivity contribution in [2.45, 2.75) is 63.5 Å². The Bertz CT molecular complexity index is 3420. The van der Waals surface area contributed by atoms with Crippen LogP contribution in [0.15, 0.2) is 60.7 Å². The molecule has 6 aromatic rings. The van der Waals surface area contributed by atoms with Gasteiger partial charge in [-0.2, -0.15) is 19.2 Å². The summed E-state index contributed by atoms with van der Waals surface area (Å²) in [7, 11) is -7.18. The van der Waals surface area contributed by atoms with Crippen molar-refractivity contribution in [3.63, 3.8) is 0 Å². The Hall–Kier alpha value is -5.73. The van der Waals surface area contributed by atoms with Crippen molar-refractivity contribution in [3.8, 4) is 0 Å². The van der Waals surface area contributed by atoms with Crippen molar-refractivity contribution in [1.82, 2.24) is 44.3 Å². The molecule has 3 N–H and O–H groups in total. The molecular weight excluding hydrogens is 1120 g/mol. The summed E-state index contributed by atoms with van der Waals surface area (Å²) in [5.74, 6) is 2.13. The molecule has 2 atom stereocenters. The van der Waals surface area contributed by atoms with Gasteiger partial charge in [-0.3, -0.25) is 19.0 Å². The summed E-state index contributed by atoms with van der Waals surface area (Å²) in [6, 6.07) is 16.3. The minimum Gasteiger partial charge on any atom is -0.378 e. The number of benzene rings is 2. The highest BCUT2D eigenvalue weighted by molar-refractivity contribution is 7.92. The van der Waals surface area contributed by atoms with Crippen LogP contribution in [0.2, 0.25) is 15.2 Å². The Kier molecular flexibility index (Phi) is 17.6. The van der Waals surface area contributed by atoms with Gasteiger partial charge in [0.1, 0.15) is 22.6 Å². The van der Waals surface area contributed by atoms with E-state index in [-0.39, 0.29) is 46.4 Å². The highest BCUT2D eigenvalue weighted by Gasteiger charge is 2.35. The van der Waals surface area contributed by atoms with Crippen molar-refractivity contribution in [3.05, 3.63) is 98.4 Å². The average molecular weight is 1180 g/mol. The minimum absolute atomic E-state index is 0.189. The van der Waals surface area contributed by atoms with Crippen LogP contribution in [0.25, 0.3) is 11.3 Å². The van der Waals surface area contributed by atoms with Crippen LogP contribution < -0.4 is 29.5 Å². The summed E-state index contributed by atoms with van der Waals surface area (Å²) < 4.78 is 67.4. The number of halogens is 3. The van der Waals surface area contributed by atoms with Crippen LogP contribution in [-0.2, 0) is 29.5 Å². The van der Waals surface area contributed by atoms with Crippen molar-refractivity contribution in [1.29, 1.82) is 0 Å². The van der Waals surface area contributed by atoms with Gasteiger partial charge in [-0.15, -0.1) is 0 Å². The number of anilines is 5. The number of nitrogens with zero attached hydrogens (tertiary/aromatic N) is 11. The third-order valence-corrected chi connectivity index (χ3v) is 16.4. The van der Waals surface area contributed by atoms with E-state index in [0.717, 1.165) is 106 Å². The number of carbonyl (C=O) groups excluding carboxylic acids is 2. The molecule has 22 nitrogen and oxygen atoms in total. The molecule has 0 bridgehead atoms. The Balaban J connectivity index is 0.000000167. The molecule has 0 unspecified atom stereocenters. The van der Waals surface area contributed by atoms with Gasteiger partial charge in [0, 0.05) is 86.7 Å². The number of ether oxygens (including phenoxy) is 2. The van der Waals surface area contributed by atoms with E-state index in [4.69, 9.17) is 59.5 Å². The fourth-order valence-electron chi connectivity index (χ4n) is 10.4. The average Bonchev–Trinajstić information content (AvgIpc) is 4.29. The molecule has 4 aromatic heterocycles. The van der Waals surface area contributed by atoms with E-state index < -0.39 is 20.0 Å². The molecule has 10 heterocycles. The van der Waals surface area contributed by atoms with Gasteiger partial charge in [0.2, 0.25) is 20.0 Å². The minimum atomic E-state index is -3.59. The number of piperidine rings is 2. The largest absolute Gasteiger partial charge is 0.378 e. The Morgan fingerprint density at radius 1 is 0.557 bits per heavy atom. The first kappa shape index (κ1) is 56.5. The van der Waals surface area contributed by atoms with Crippen LogP contribution in [0.3, 0.4) is 0 Å². The molecule has 6 aliphatic heterocycles. The maximum Gasteiger partial charge on any atom is 0.256 e. The number of likely N-dealkylation sites (tertiary alicyclic amines) is 2. The van der Waals surface area contributed by atoms with Gasteiger partial charge >= 0.3 is 0 Å². The third-order valence-electron chi connectivity index (χ3n) is 14.6. The molecule has 12 rings (SSSR count).